The number of likely N-dealkylation sites (N-methyl/N-ethyl adjacent to an activating group) is 1. The van der Waals surface area contributed by atoms with Crippen LogP contribution in [0, 0.1) is 23.7 Å². The van der Waals surface area contributed by atoms with Gasteiger partial charge in [-0.05, 0) is 89.0 Å². The maximum atomic E-state index is 6.60. The summed E-state index contributed by atoms with van der Waals surface area (Å²) < 4.78 is 0. The molecular formula is C17H30N2. The van der Waals surface area contributed by atoms with Crippen molar-refractivity contribution in [2.75, 3.05) is 13.6 Å². The first-order valence-corrected chi connectivity index (χ1v) is 8.47. The number of rotatable bonds is 4. The van der Waals surface area contributed by atoms with Crippen molar-refractivity contribution in [2.24, 2.45) is 29.4 Å². The normalized spacial score (nSPS) is 47.7. The maximum absolute atomic E-state index is 6.60. The van der Waals surface area contributed by atoms with Crippen LogP contribution in [0.2, 0.25) is 0 Å². The Morgan fingerprint density at radius 2 is 1.53 bits per heavy atom. The zero-order valence-electron chi connectivity index (χ0n) is 12.7. The number of nitrogens with zero attached hydrogens (tertiary/aromatic N) is 1. The molecule has 2 heteroatoms. The van der Waals surface area contributed by atoms with Crippen molar-refractivity contribution in [1.82, 2.24) is 4.90 Å². The molecule has 5 aliphatic rings. The van der Waals surface area contributed by atoms with Crippen LogP contribution in [0.5, 0.6) is 0 Å². The van der Waals surface area contributed by atoms with E-state index in [1.165, 1.54) is 51.4 Å². The third-order valence-corrected chi connectivity index (χ3v) is 6.90. The summed E-state index contributed by atoms with van der Waals surface area (Å²) in [7, 11) is 2.38. The second kappa shape index (κ2) is 3.98. The fourth-order valence-corrected chi connectivity index (χ4v) is 6.08. The summed E-state index contributed by atoms with van der Waals surface area (Å²) in [4.78, 5) is 2.70. The summed E-state index contributed by atoms with van der Waals surface area (Å²) in [6.45, 7) is 3.41. The van der Waals surface area contributed by atoms with Crippen LogP contribution in [0.15, 0.2) is 0 Å². The van der Waals surface area contributed by atoms with Gasteiger partial charge in [0.15, 0.2) is 0 Å². The molecule has 0 aromatic heterocycles. The Kier molecular flexibility index (Phi) is 2.65. The van der Waals surface area contributed by atoms with Crippen molar-refractivity contribution in [3.05, 3.63) is 0 Å². The fraction of sp³-hybridized carbons (Fsp3) is 1.00. The Labute approximate surface area is 118 Å². The van der Waals surface area contributed by atoms with Gasteiger partial charge in [0.25, 0.3) is 0 Å². The Bertz CT molecular complexity index is 334. The first-order chi connectivity index (χ1) is 8.97. The topological polar surface area (TPSA) is 29.3 Å². The van der Waals surface area contributed by atoms with Gasteiger partial charge in [-0.3, -0.25) is 4.90 Å². The monoisotopic (exact) mass is 262 g/mol. The molecule has 5 rings (SSSR count). The summed E-state index contributed by atoms with van der Waals surface area (Å²) >= 11 is 0. The molecule has 0 spiro atoms. The molecule has 0 aromatic carbocycles. The van der Waals surface area contributed by atoms with E-state index in [-0.39, 0.29) is 5.54 Å². The molecule has 108 valence electrons. The average Bonchev–Trinajstić information content (AvgIpc) is 3.09. The molecule has 5 aliphatic carbocycles. The molecule has 0 heterocycles. The Hall–Kier alpha value is -0.0800. The summed E-state index contributed by atoms with van der Waals surface area (Å²) in [5.41, 5.74) is 7.19. The quantitative estimate of drug-likeness (QED) is 0.844. The van der Waals surface area contributed by atoms with Gasteiger partial charge in [-0.15, -0.1) is 0 Å². The van der Waals surface area contributed by atoms with Crippen molar-refractivity contribution in [3.8, 4) is 0 Å². The maximum Gasteiger partial charge on any atom is 0.0283 e. The molecule has 1 atom stereocenters. The summed E-state index contributed by atoms with van der Waals surface area (Å²) in [5, 5.41) is 0. The highest BCUT2D eigenvalue weighted by Gasteiger charge is 2.53. The average molecular weight is 262 g/mol. The van der Waals surface area contributed by atoms with Crippen molar-refractivity contribution < 1.29 is 0 Å². The molecule has 5 saturated carbocycles. The minimum absolute atomic E-state index is 0.0537. The highest BCUT2D eigenvalue weighted by molar-refractivity contribution is 5.08. The van der Waals surface area contributed by atoms with E-state index < -0.39 is 0 Å². The molecule has 0 radical (unpaired) electrons. The SMILES string of the molecule is CN(CC(C)(N)C1CC1)C12CC3CC(CC(C3)C1)C2. The molecule has 4 bridgehead atoms. The van der Waals surface area contributed by atoms with Gasteiger partial charge in [0.1, 0.15) is 0 Å². The van der Waals surface area contributed by atoms with E-state index in [0.29, 0.717) is 5.54 Å². The summed E-state index contributed by atoms with van der Waals surface area (Å²) in [5.74, 6) is 3.92. The lowest BCUT2D eigenvalue weighted by Gasteiger charge is -2.60. The second-order valence-electron chi connectivity index (χ2n) is 8.78. The van der Waals surface area contributed by atoms with Crippen LogP contribution in [0.3, 0.4) is 0 Å². The van der Waals surface area contributed by atoms with Crippen LogP contribution < -0.4 is 5.73 Å². The van der Waals surface area contributed by atoms with Crippen LogP contribution in [0.25, 0.3) is 0 Å². The van der Waals surface area contributed by atoms with E-state index in [1.807, 2.05) is 0 Å². The minimum atomic E-state index is 0.0537. The smallest absolute Gasteiger partial charge is 0.0283 e. The minimum Gasteiger partial charge on any atom is -0.324 e. The van der Waals surface area contributed by atoms with E-state index in [1.54, 1.807) is 0 Å². The van der Waals surface area contributed by atoms with Crippen LogP contribution in [0.1, 0.15) is 58.3 Å². The first kappa shape index (κ1) is 12.6. The van der Waals surface area contributed by atoms with Crippen LogP contribution in [0.4, 0.5) is 0 Å². The van der Waals surface area contributed by atoms with Crippen molar-refractivity contribution in [2.45, 2.75) is 69.4 Å². The number of nitrogens with two attached hydrogens (primary N) is 1. The van der Waals surface area contributed by atoms with E-state index in [2.05, 4.69) is 18.9 Å². The van der Waals surface area contributed by atoms with E-state index in [0.717, 1.165) is 30.2 Å². The van der Waals surface area contributed by atoms with Crippen LogP contribution in [-0.4, -0.2) is 29.6 Å². The van der Waals surface area contributed by atoms with E-state index >= 15 is 0 Å². The molecule has 2 N–H and O–H groups in total. The van der Waals surface area contributed by atoms with Crippen LogP contribution in [-0.2, 0) is 0 Å². The zero-order chi connectivity index (χ0) is 13.3. The zero-order valence-corrected chi connectivity index (χ0v) is 12.7. The lowest BCUT2D eigenvalue weighted by Crippen LogP contribution is -2.62. The lowest BCUT2D eigenvalue weighted by molar-refractivity contribution is -0.0849. The molecule has 1 unspecified atom stereocenters. The summed E-state index contributed by atoms with van der Waals surface area (Å²) in [6.07, 6.45) is 11.7. The number of hydrogen-bond donors (Lipinski definition) is 1. The van der Waals surface area contributed by atoms with E-state index in [4.69, 9.17) is 5.73 Å². The highest BCUT2D eigenvalue weighted by Crippen LogP contribution is 2.57. The Balaban J connectivity index is 1.51. The van der Waals surface area contributed by atoms with Crippen molar-refractivity contribution >= 4 is 0 Å². The van der Waals surface area contributed by atoms with E-state index in [9.17, 15) is 0 Å². The molecular weight excluding hydrogens is 232 g/mol. The highest BCUT2D eigenvalue weighted by atomic mass is 15.2. The molecule has 19 heavy (non-hydrogen) atoms. The predicted molar refractivity (Wildman–Crippen MR) is 78.8 cm³/mol. The third-order valence-electron chi connectivity index (χ3n) is 6.90. The molecule has 2 nitrogen and oxygen atoms in total. The number of hydrogen-bond acceptors (Lipinski definition) is 2. The van der Waals surface area contributed by atoms with Crippen LogP contribution >= 0.6 is 0 Å². The Morgan fingerprint density at radius 3 is 1.95 bits per heavy atom. The van der Waals surface area contributed by atoms with Gasteiger partial charge in [0.05, 0.1) is 0 Å². The molecule has 0 saturated heterocycles. The lowest BCUT2D eigenvalue weighted by atomic mass is 9.52. The van der Waals surface area contributed by atoms with Gasteiger partial charge in [0, 0.05) is 17.6 Å². The van der Waals surface area contributed by atoms with Gasteiger partial charge in [-0.2, -0.15) is 0 Å². The van der Waals surface area contributed by atoms with Gasteiger partial charge >= 0.3 is 0 Å². The molecule has 0 aliphatic heterocycles. The molecule has 0 amide bonds. The summed E-state index contributed by atoms with van der Waals surface area (Å²) in [6, 6.07) is 0. The molecule has 5 fully saturated rings. The first-order valence-electron chi connectivity index (χ1n) is 8.47. The third kappa shape index (κ3) is 2.06. The van der Waals surface area contributed by atoms with Gasteiger partial charge in [0.2, 0.25) is 0 Å². The largest absolute Gasteiger partial charge is 0.324 e. The van der Waals surface area contributed by atoms with Gasteiger partial charge < -0.3 is 5.73 Å². The Morgan fingerprint density at radius 1 is 1.05 bits per heavy atom. The van der Waals surface area contributed by atoms with Crippen molar-refractivity contribution in [3.63, 3.8) is 0 Å². The van der Waals surface area contributed by atoms with Crippen molar-refractivity contribution in [1.29, 1.82) is 0 Å². The fourth-order valence-electron chi connectivity index (χ4n) is 6.08. The predicted octanol–water partition coefficient (Wildman–Crippen LogP) is 3.01. The second-order valence-corrected chi connectivity index (χ2v) is 8.78. The van der Waals surface area contributed by atoms with Gasteiger partial charge in [-0.1, -0.05) is 0 Å². The standard InChI is InChI=1S/C17H30N2/c1-16(18,15-3-4-15)11-19(2)17-8-12-5-13(9-17)7-14(6-12)10-17/h12-15H,3-11,18H2,1-2H3. The van der Waals surface area contributed by atoms with Gasteiger partial charge in [-0.25, -0.2) is 0 Å². The molecule has 0 aromatic rings.